The highest BCUT2D eigenvalue weighted by molar-refractivity contribution is 5.76. The molecule has 4 nitrogen and oxygen atoms in total. The Labute approximate surface area is 86.5 Å². The first-order valence-electron chi connectivity index (χ1n) is 4.73. The SMILES string of the molecule is Cc1cccc2oc(CCC(=O)O)nc12. The molecule has 0 saturated carbocycles. The van der Waals surface area contributed by atoms with Gasteiger partial charge in [-0.15, -0.1) is 0 Å². The van der Waals surface area contributed by atoms with E-state index in [9.17, 15) is 4.79 Å². The summed E-state index contributed by atoms with van der Waals surface area (Å²) in [6.07, 6.45) is 0.384. The Morgan fingerprint density at radius 3 is 3.00 bits per heavy atom. The van der Waals surface area contributed by atoms with E-state index in [2.05, 4.69) is 4.98 Å². The van der Waals surface area contributed by atoms with Crippen molar-refractivity contribution < 1.29 is 14.3 Å². The molecule has 1 heterocycles. The summed E-state index contributed by atoms with van der Waals surface area (Å²) in [6.45, 7) is 1.95. The van der Waals surface area contributed by atoms with Gasteiger partial charge in [-0.3, -0.25) is 4.79 Å². The molecule has 1 aromatic heterocycles. The van der Waals surface area contributed by atoms with E-state index in [1.807, 2.05) is 25.1 Å². The Kier molecular flexibility index (Phi) is 2.41. The van der Waals surface area contributed by atoms with Gasteiger partial charge >= 0.3 is 5.97 Å². The first kappa shape index (κ1) is 9.71. The van der Waals surface area contributed by atoms with Crippen LogP contribution in [0.2, 0.25) is 0 Å². The highest BCUT2D eigenvalue weighted by atomic mass is 16.4. The highest BCUT2D eigenvalue weighted by Crippen LogP contribution is 2.19. The Hall–Kier alpha value is -1.84. The summed E-state index contributed by atoms with van der Waals surface area (Å²) in [6, 6.07) is 5.68. The van der Waals surface area contributed by atoms with Gasteiger partial charge in [0.05, 0.1) is 6.42 Å². The normalized spacial score (nSPS) is 10.7. The number of para-hydroxylation sites is 1. The van der Waals surface area contributed by atoms with E-state index in [-0.39, 0.29) is 6.42 Å². The number of benzene rings is 1. The zero-order valence-corrected chi connectivity index (χ0v) is 8.36. The molecule has 0 aliphatic heterocycles. The van der Waals surface area contributed by atoms with E-state index in [0.29, 0.717) is 12.3 Å². The molecular weight excluding hydrogens is 194 g/mol. The first-order chi connectivity index (χ1) is 7.16. The van der Waals surface area contributed by atoms with Gasteiger partial charge in [0.15, 0.2) is 11.5 Å². The van der Waals surface area contributed by atoms with Crippen LogP contribution in [0.15, 0.2) is 22.6 Å². The number of fused-ring (bicyclic) bond motifs is 1. The maximum absolute atomic E-state index is 10.4. The van der Waals surface area contributed by atoms with Crippen LogP contribution in [0.4, 0.5) is 0 Å². The number of rotatable bonds is 3. The number of carboxylic acids is 1. The second-order valence-corrected chi connectivity index (χ2v) is 3.42. The predicted molar refractivity (Wildman–Crippen MR) is 54.7 cm³/mol. The molecule has 0 atom stereocenters. The molecule has 0 bridgehead atoms. The Morgan fingerprint density at radius 1 is 1.53 bits per heavy atom. The molecule has 0 radical (unpaired) electrons. The zero-order valence-electron chi connectivity index (χ0n) is 8.36. The summed E-state index contributed by atoms with van der Waals surface area (Å²) in [5.74, 6) is -0.351. The second kappa shape index (κ2) is 3.73. The van der Waals surface area contributed by atoms with Crippen LogP contribution in [0.5, 0.6) is 0 Å². The monoisotopic (exact) mass is 205 g/mol. The highest BCUT2D eigenvalue weighted by Gasteiger charge is 2.08. The van der Waals surface area contributed by atoms with Crippen LogP contribution in [-0.4, -0.2) is 16.1 Å². The van der Waals surface area contributed by atoms with Crippen molar-refractivity contribution in [2.75, 3.05) is 0 Å². The fourth-order valence-electron chi connectivity index (χ4n) is 1.45. The number of aliphatic carboxylic acids is 1. The molecule has 0 aliphatic rings. The molecule has 15 heavy (non-hydrogen) atoms. The van der Waals surface area contributed by atoms with Crippen LogP contribution in [0, 0.1) is 6.92 Å². The number of nitrogens with zero attached hydrogens (tertiary/aromatic N) is 1. The van der Waals surface area contributed by atoms with Crippen molar-refractivity contribution in [1.82, 2.24) is 4.98 Å². The van der Waals surface area contributed by atoms with Gasteiger partial charge in [0.1, 0.15) is 5.52 Å². The number of hydrogen-bond donors (Lipinski definition) is 1. The molecule has 1 N–H and O–H groups in total. The molecule has 2 aromatic rings. The molecule has 2 rings (SSSR count). The third-order valence-electron chi connectivity index (χ3n) is 2.22. The fourth-order valence-corrected chi connectivity index (χ4v) is 1.45. The summed E-state index contributed by atoms with van der Waals surface area (Å²) in [5.41, 5.74) is 2.58. The van der Waals surface area contributed by atoms with Crippen LogP contribution in [0.3, 0.4) is 0 Å². The minimum absolute atomic E-state index is 0.0475. The van der Waals surface area contributed by atoms with Gasteiger partial charge in [0, 0.05) is 6.42 Å². The molecule has 4 heteroatoms. The predicted octanol–water partition coefficient (Wildman–Crippen LogP) is 2.15. The molecule has 0 fully saturated rings. The van der Waals surface area contributed by atoms with E-state index in [1.54, 1.807) is 0 Å². The number of carboxylic acid groups (broad SMARTS) is 1. The van der Waals surface area contributed by atoms with E-state index in [4.69, 9.17) is 9.52 Å². The van der Waals surface area contributed by atoms with Gasteiger partial charge in [-0.05, 0) is 18.6 Å². The molecule has 0 saturated heterocycles. The minimum Gasteiger partial charge on any atom is -0.481 e. The molecule has 0 aliphatic carbocycles. The average Bonchev–Trinajstić information content (AvgIpc) is 2.59. The van der Waals surface area contributed by atoms with Gasteiger partial charge in [0.2, 0.25) is 0 Å². The lowest BCUT2D eigenvalue weighted by Gasteiger charge is -1.88. The van der Waals surface area contributed by atoms with Crippen molar-refractivity contribution in [2.24, 2.45) is 0 Å². The van der Waals surface area contributed by atoms with Crippen LogP contribution in [0.25, 0.3) is 11.1 Å². The smallest absolute Gasteiger partial charge is 0.303 e. The Balaban J connectivity index is 2.31. The van der Waals surface area contributed by atoms with Crippen LogP contribution in [-0.2, 0) is 11.2 Å². The van der Waals surface area contributed by atoms with Crippen LogP contribution >= 0.6 is 0 Å². The van der Waals surface area contributed by atoms with Crippen molar-refractivity contribution in [1.29, 1.82) is 0 Å². The molecule has 0 amide bonds. The van der Waals surface area contributed by atoms with Crippen LogP contribution in [0.1, 0.15) is 17.9 Å². The van der Waals surface area contributed by atoms with Gasteiger partial charge < -0.3 is 9.52 Å². The van der Waals surface area contributed by atoms with Gasteiger partial charge in [-0.25, -0.2) is 4.98 Å². The number of aryl methyl sites for hydroxylation is 2. The third kappa shape index (κ3) is 1.98. The van der Waals surface area contributed by atoms with Crippen molar-refractivity contribution in [2.45, 2.75) is 19.8 Å². The van der Waals surface area contributed by atoms with Crippen molar-refractivity contribution in [3.8, 4) is 0 Å². The average molecular weight is 205 g/mol. The summed E-state index contributed by atoms with van der Waals surface area (Å²) < 4.78 is 5.42. The molecule has 0 spiro atoms. The molecular formula is C11H11NO3. The van der Waals surface area contributed by atoms with Crippen molar-refractivity contribution in [3.63, 3.8) is 0 Å². The Morgan fingerprint density at radius 2 is 2.33 bits per heavy atom. The first-order valence-corrected chi connectivity index (χ1v) is 4.73. The van der Waals surface area contributed by atoms with E-state index >= 15 is 0 Å². The van der Waals surface area contributed by atoms with E-state index in [1.165, 1.54) is 0 Å². The summed E-state index contributed by atoms with van der Waals surface area (Å²) in [7, 11) is 0. The van der Waals surface area contributed by atoms with E-state index < -0.39 is 5.97 Å². The van der Waals surface area contributed by atoms with Crippen molar-refractivity contribution >= 4 is 17.1 Å². The maximum Gasteiger partial charge on any atom is 0.303 e. The number of carbonyl (C=O) groups is 1. The fraction of sp³-hybridized carbons (Fsp3) is 0.273. The summed E-state index contributed by atoms with van der Waals surface area (Å²) in [5, 5.41) is 8.53. The molecule has 1 aromatic carbocycles. The lowest BCUT2D eigenvalue weighted by Crippen LogP contribution is -1.97. The molecule has 0 unspecified atom stereocenters. The lowest BCUT2D eigenvalue weighted by atomic mass is 10.2. The Bertz CT molecular complexity index is 502. The largest absolute Gasteiger partial charge is 0.481 e. The second-order valence-electron chi connectivity index (χ2n) is 3.42. The zero-order chi connectivity index (χ0) is 10.8. The van der Waals surface area contributed by atoms with E-state index in [0.717, 1.165) is 16.7 Å². The number of hydrogen-bond acceptors (Lipinski definition) is 3. The number of oxazole rings is 1. The maximum atomic E-state index is 10.4. The summed E-state index contributed by atoms with van der Waals surface area (Å²) in [4.78, 5) is 14.6. The van der Waals surface area contributed by atoms with Crippen molar-refractivity contribution in [3.05, 3.63) is 29.7 Å². The van der Waals surface area contributed by atoms with Crippen LogP contribution < -0.4 is 0 Å². The summed E-state index contributed by atoms with van der Waals surface area (Å²) >= 11 is 0. The quantitative estimate of drug-likeness (QED) is 0.833. The topological polar surface area (TPSA) is 63.3 Å². The minimum atomic E-state index is -0.839. The standard InChI is InChI=1S/C11H11NO3/c1-7-3-2-4-8-11(7)12-9(15-8)5-6-10(13)14/h2-4H,5-6H2,1H3,(H,13,14). The lowest BCUT2D eigenvalue weighted by molar-refractivity contribution is -0.137. The molecule has 78 valence electrons. The number of aromatic nitrogens is 1. The van der Waals surface area contributed by atoms with Gasteiger partial charge in [0.25, 0.3) is 0 Å². The van der Waals surface area contributed by atoms with Gasteiger partial charge in [-0.2, -0.15) is 0 Å². The van der Waals surface area contributed by atoms with Gasteiger partial charge in [-0.1, -0.05) is 12.1 Å². The third-order valence-corrected chi connectivity index (χ3v) is 2.22.